The fraction of sp³-hybridized carbons (Fsp3) is 0.214. The van der Waals surface area contributed by atoms with Crippen LogP contribution in [0.3, 0.4) is 0 Å². The molecular weight excluding hydrogens is 1180 g/mol. The van der Waals surface area contributed by atoms with Gasteiger partial charge in [-0.15, -0.1) is 0 Å². The molecule has 0 fully saturated rings. The van der Waals surface area contributed by atoms with Crippen LogP contribution in [-0.2, 0) is 0 Å². The topological polar surface area (TPSA) is 131 Å². The quantitative estimate of drug-likeness (QED) is 0.0711. The number of H-pyrrole nitrogens is 2. The molecule has 4 aromatic carbocycles. The van der Waals surface area contributed by atoms with E-state index in [4.69, 9.17) is 47.9 Å². The zero-order valence-corrected chi connectivity index (χ0v) is 46.2. The largest absolute Gasteiger partial charge is 0.493 e. The first-order chi connectivity index (χ1) is 35.3. The first kappa shape index (κ1) is 50.7. The highest BCUT2D eigenvalue weighted by Crippen LogP contribution is 2.44. The van der Waals surface area contributed by atoms with Crippen LogP contribution in [-0.4, -0.2) is 96.1 Å². The van der Waals surface area contributed by atoms with E-state index in [1.54, 1.807) is 28.4 Å². The van der Waals surface area contributed by atoms with Gasteiger partial charge in [0.1, 0.15) is 0 Å². The number of ether oxygens (including phenoxy) is 8. The second-order valence-corrected chi connectivity index (χ2v) is 19.3. The van der Waals surface area contributed by atoms with E-state index >= 15 is 0 Å². The zero-order chi connectivity index (χ0) is 50.1. The number of rotatable bonds is 20. The van der Waals surface area contributed by atoms with Crippen molar-refractivity contribution in [1.82, 2.24) is 19.9 Å². The summed E-state index contributed by atoms with van der Waals surface area (Å²) in [6.07, 6.45) is 8.20. The first-order valence-electron chi connectivity index (χ1n) is 23.0. The molecule has 0 saturated carbocycles. The molecule has 0 spiro atoms. The molecule has 7 aromatic rings. The van der Waals surface area contributed by atoms with E-state index in [2.05, 4.69) is 98.0 Å². The number of benzene rings is 4. The van der Waals surface area contributed by atoms with Crippen molar-refractivity contribution in [3.8, 4) is 90.5 Å². The van der Waals surface area contributed by atoms with Crippen LogP contribution in [0.5, 0.6) is 46.0 Å². The molecule has 3 aromatic heterocycles. The number of fused-ring (bicyclic) bond motifs is 8. The van der Waals surface area contributed by atoms with E-state index in [-0.39, 0.29) is 0 Å². The van der Waals surface area contributed by atoms with Crippen molar-refractivity contribution in [3.63, 3.8) is 0 Å². The van der Waals surface area contributed by atoms with Crippen molar-refractivity contribution in [3.05, 3.63) is 120 Å². The number of methoxy groups -OCH3 is 4. The summed E-state index contributed by atoms with van der Waals surface area (Å²) < 4.78 is 48.0. The van der Waals surface area contributed by atoms with Crippen LogP contribution < -0.4 is 37.9 Å². The van der Waals surface area contributed by atoms with Crippen molar-refractivity contribution < 1.29 is 37.9 Å². The van der Waals surface area contributed by atoms with E-state index in [1.165, 1.54) is 0 Å². The standard InChI is InChI=1S/C56H50Br4N4O8/c1-65-49-29-33(5-17-45(49)69-25-21-57)53-37-9-11-39(61-37)54(34-6-18-46(70-26-22-58)50(30-34)66-2)41-13-15-43(63-41)56(36-8-20-48(72-28-24-60)52(32-36)68-4)44-16-14-42(64-44)55(40-12-10-38(53)62-40)35-7-19-47(71-27-23-59)51(31-35)67-3/h5-20,29-32,61,64H,21-28H2,1-4H3. The highest BCUT2D eigenvalue weighted by molar-refractivity contribution is 9.09. The van der Waals surface area contributed by atoms with Gasteiger partial charge in [0.15, 0.2) is 46.0 Å². The summed E-state index contributed by atoms with van der Waals surface area (Å²) >= 11 is 13.9. The van der Waals surface area contributed by atoms with Crippen molar-refractivity contribution in [1.29, 1.82) is 0 Å². The molecular formula is C56H50Br4N4O8. The van der Waals surface area contributed by atoms with Gasteiger partial charge in [-0.05, 0) is 119 Å². The lowest BCUT2D eigenvalue weighted by Crippen LogP contribution is -2.00. The van der Waals surface area contributed by atoms with Gasteiger partial charge in [-0.3, -0.25) is 0 Å². The zero-order valence-electron chi connectivity index (χ0n) is 39.9. The molecule has 0 unspecified atom stereocenters. The van der Waals surface area contributed by atoms with Gasteiger partial charge in [0.25, 0.3) is 0 Å². The van der Waals surface area contributed by atoms with Crippen LogP contribution in [0.25, 0.3) is 90.9 Å². The maximum Gasteiger partial charge on any atom is 0.161 e. The number of nitrogens with one attached hydrogen (secondary N) is 2. The van der Waals surface area contributed by atoms with Crippen LogP contribution in [0.2, 0.25) is 0 Å². The maximum atomic E-state index is 6.07. The van der Waals surface area contributed by atoms with Gasteiger partial charge in [-0.2, -0.15) is 0 Å². The molecule has 16 heteroatoms. The van der Waals surface area contributed by atoms with Crippen LogP contribution in [0.15, 0.2) is 97.1 Å². The summed E-state index contributed by atoms with van der Waals surface area (Å²) in [5.41, 5.74) is 12.9. The molecule has 0 radical (unpaired) electrons. The average Bonchev–Trinajstić information content (AvgIpc) is 4.28. The Labute approximate surface area is 451 Å². The van der Waals surface area contributed by atoms with Crippen LogP contribution in [0, 0.1) is 0 Å². The number of halogens is 4. The maximum absolute atomic E-state index is 6.07. The normalized spacial score (nSPS) is 11.7. The number of aromatic amines is 2. The van der Waals surface area contributed by atoms with Gasteiger partial charge in [0.2, 0.25) is 0 Å². The minimum Gasteiger partial charge on any atom is -0.493 e. The summed E-state index contributed by atoms with van der Waals surface area (Å²) in [4.78, 5) is 18.6. The Balaban J connectivity index is 1.42. The van der Waals surface area contributed by atoms with Crippen molar-refractivity contribution in [2.75, 3.05) is 76.2 Å². The molecule has 2 aliphatic rings. The monoisotopic (exact) mass is 1220 g/mol. The van der Waals surface area contributed by atoms with Crippen LogP contribution >= 0.6 is 63.7 Å². The van der Waals surface area contributed by atoms with Gasteiger partial charge >= 0.3 is 0 Å². The lowest BCUT2D eigenvalue weighted by molar-refractivity contribution is 0.314. The second-order valence-electron chi connectivity index (χ2n) is 16.1. The number of alkyl halides is 4. The summed E-state index contributed by atoms with van der Waals surface area (Å²) in [7, 11) is 6.59. The Hall–Kier alpha value is -6.20. The second kappa shape index (κ2) is 23.6. The van der Waals surface area contributed by atoms with Crippen molar-refractivity contribution >= 4 is 110 Å². The molecule has 5 heterocycles. The summed E-state index contributed by atoms with van der Waals surface area (Å²) in [5.74, 6) is 4.89. The van der Waals surface area contributed by atoms with Crippen molar-refractivity contribution in [2.24, 2.45) is 0 Å². The van der Waals surface area contributed by atoms with E-state index in [0.29, 0.717) is 93.7 Å². The molecule has 0 aliphatic carbocycles. The highest BCUT2D eigenvalue weighted by atomic mass is 79.9. The fourth-order valence-corrected chi connectivity index (χ4v) is 9.43. The van der Waals surface area contributed by atoms with Gasteiger partial charge in [-0.1, -0.05) is 88.0 Å². The van der Waals surface area contributed by atoms with E-state index < -0.39 is 0 Å². The number of aromatic nitrogens is 4. The lowest BCUT2D eigenvalue weighted by Gasteiger charge is -2.13. The Bertz CT molecular complexity index is 2920. The molecule has 72 heavy (non-hydrogen) atoms. The SMILES string of the molecule is COc1cc(-c2c3nc(c(-c4ccc(OCCBr)c(OC)c4)c4ccc([nH]4)c(-c4ccc(OCCBr)c(OC)c4)c4nc(c(-c5ccc(OCCBr)c(OC)c5)c5ccc2[nH]5)C=C4)C=C3)ccc1OCCBr. The van der Waals surface area contributed by atoms with E-state index in [0.717, 1.165) is 89.4 Å². The summed E-state index contributed by atoms with van der Waals surface area (Å²) in [5, 5.41) is 2.69. The first-order valence-corrected chi connectivity index (χ1v) is 27.5. The third-order valence-electron chi connectivity index (χ3n) is 11.9. The minimum absolute atomic E-state index is 0.476. The number of hydrogen-bond donors (Lipinski definition) is 2. The molecule has 0 saturated heterocycles. The van der Waals surface area contributed by atoms with E-state index in [1.807, 2.05) is 97.1 Å². The molecule has 0 atom stereocenters. The van der Waals surface area contributed by atoms with Gasteiger partial charge in [0.05, 0.1) is 77.6 Å². The number of hydrogen-bond acceptors (Lipinski definition) is 10. The lowest BCUT2D eigenvalue weighted by atomic mass is 10.0. The Morgan fingerprint density at radius 3 is 0.778 bits per heavy atom. The third-order valence-corrected chi connectivity index (χ3v) is 13.2. The predicted octanol–water partition coefficient (Wildman–Crippen LogP) is 14.5. The molecule has 2 N–H and O–H groups in total. The minimum atomic E-state index is 0.476. The Kier molecular flexibility index (Phi) is 16.6. The predicted molar refractivity (Wildman–Crippen MR) is 304 cm³/mol. The smallest absolute Gasteiger partial charge is 0.161 e. The average molecular weight is 1230 g/mol. The molecule has 8 bridgehead atoms. The van der Waals surface area contributed by atoms with E-state index in [9.17, 15) is 0 Å². The van der Waals surface area contributed by atoms with Crippen LogP contribution in [0.1, 0.15) is 22.8 Å². The van der Waals surface area contributed by atoms with Gasteiger partial charge in [0, 0.05) is 65.6 Å². The molecule has 2 aliphatic heterocycles. The van der Waals surface area contributed by atoms with Gasteiger partial charge < -0.3 is 47.9 Å². The van der Waals surface area contributed by atoms with Gasteiger partial charge in [-0.25, -0.2) is 9.97 Å². The highest BCUT2D eigenvalue weighted by Gasteiger charge is 2.22. The fourth-order valence-electron chi connectivity index (χ4n) is 8.78. The molecule has 0 amide bonds. The summed E-state index contributed by atoms with van der Waals surface area (Å²) in [6, 6.07) is 32.2. The Morgan fingerprint density at radius 2 is 0.569 bits per heavy atom. The molecule has 9 rings (SSSR count). The Morgan fingerprint density at radius 1 is 0.333 bits per heavy atom. The van der Waals surface area contributed by atoms with Crippen LogP contribution in [0.4, 0.5) is 0 Å². The molecule has 12 nitrogen and oxygen atoms in total. The number of nitrogens with zero attached hydrogens (tertiary/aromatic N) is 2. The third kappa shape index (κ3) is 10.6. The molecule has 370 valence electrons. The summed E-state index contributed by atoms with van der Waals surface area (Å²) in [6.45, 7) is 1.91. The van der Waals surface area contributed by atoms with Crippen molar-refractivity contribution in [2.45, 2.75) is 0 Å².